The lowest BCUT2D eigenvalue weighted by molar-refractivity contribution is -0.145. The van der Waals surface area contributed by atoms with Crippen molar-refractivity contribution in [3.8, 4) is 9.88 Å². The first kappa shape index (κ1) is 12.3. The first-order valence-corrected chi connectivity index (χ1v) is 7.37. The number of hydrogen-bond acceptors (Lipinski definition) is 7. The average molecular weight is 295 g/mol. The molecule has 0 amide bonds. The van der Waals surface area contributed by atoms with Crippen molar-refractivity contribution < 1.29 is 19.1 Å². The van der Waals surface area contributed by atoms with E-state index in [4.69, 9.17) is 9.47 Å². The predicted octanol–water partition coefficient (Wildman–Crippen LogP) is 2.34. The number of aromatic nitrogens is 1. The van der Waals surface area contributed by atoms with Gasteiger partial charge in [0.05, 0.1) is 11.5 Å². The van der Waals surface area contributed by atoms with E-state index in [9.17, 15) is 9.59 Å². The molecule has 0 aliphatic carbocycles. The molecule has 1 saturated heterocycles. The van der Waals surface area contributed by atoms with Gasteiger partial charge >= 0.3 is 11.9 Å². The van der Waals surface area contributed by atoms with Crippen LogP contribution in [0.1, 0.15) is 16.9 Å². The number of rotatable bonds is 3. The maximum Gasteiger partial charge on any atom is 0.358 e. The summed E-state index contributed by atoms with van der Waals surface area (Å²) < 4.78 is 9.81. The molecule has 1 aliphatic heterocycles. The van der Waals surface area contributed by atoms with Gasteiger partial charge in [0.25, 0.3) is 0 Å². The highest BCUT2D eigenvalue weighted by atomic mass is 32.1. The molecule has 1 aliphatic rings. The van der Waals surface area contributed by atoms with Gasteiger partial charge in [0.2, 0.25) is 6.10 Å². The summed E-state index contributed by atoms with van der Waals surface area (Å²) in [5.74, 6) is -1.06. The summed E-state index contributed by atoms with van der Waals surface area (Å²) in [6, 6.07) is 3.86. The van der Waals surface area contributed by atoms with Crippen molar-refractivity contribution in [1.29, 1.82) is 0 Å². The van der Waals surface area contributed by atoms with Crippen molar-refractivity contribution in [3.05, 3.63) is 28.6 Å². The molecule has 7 heteroatoms. The Morgan fingerprint density at radius 3 is 3.05 bits per heavy atom. The molecule has 2 aromatic heterocycles. The van der Waals surface area contributed by atoms with Crippen molar-refractivity contribution in [1.82, 2.24) is 4.98 Å². The molecule has 3 rings (SSSR count). The predicted molar refractivity (Wildman–Crippen MR) is 70.2 cm³/mol. The minimum absolute atomic E-state index is 0.230. The van der Waals surface area contributed by atoms with Gasteiger partial charge in [-0.1, -0.05) is 6.07 Å². The van der Waals surface area contributed by atoms with Crippen molar-refractivity contribution in [2.75, 3.05) is 6.61 Å². The number of thiazole rings is 1. The highest BCUT2D eigenvalue weighted by Gasteiger charge is 2.31. The number of thiophene rings is 1. The van der Waals surface area contributed by atoms with Crippen LogP contribution in [0.3, 0.4) is 0 Å². The Labute approximate surface area is 116 Å². The fraction of sp³-hybridized carbons (Fsp3) is 0.250. The Kier molecular flexibility index (Phi) is 3.31. The zero-order valence-corrected chi connectivity index (χ0v) is 11.3. The quantitative estimate of drug-likeness (QED) is 0.813. The highest BCUT2D eigenvalue weighted by Crippen LogP contribution is 2.28. The number of carbonyl (C=O) groups is 2. The summed E-state index contributed by atoms with van der Waals surface area (Å²) in [6.45, 7) is 0.300. The van der Waals surface area contributed by atoms with E-state index in [-0.39, 0.29) is 5.69 Å². The maximum atomic E-state index is 11.8. The Hall–Kier alpha value is -1.73. The fourth-order valence-electron chi connectivity index (χ4n) is 1.65. The number of cyclic esters (lactones) is 1. The Morgan fingerprint density at radius 2 is 2.37 bits per heavy atom. The van der Waals surface area contributed by atoms with Gasteiger partial charge in [-0.3, -0.25) is 0 Å². The minimum atomic E-state index is -0.792. The molecule has 1 fully saturated rings. The molecule has 5 nitrogen and oxygen atoms in total. The first-order chi connectivity index (χ1) is 9.24. The van der Waals surface area contributed by atoms with Gasteiger partial charge in [-0.15, -0.1) is 22.7 Å². The number of ether oxygens (including phenoxy) is 2. The van der Waals surface area contributed by atoms with Crippen LogP contribution >= 0.6 is 22.7 Å². The van der Waals surface area contributed by atoms with Crippen LogP contribution in [0, 0.1) is 0 Å². The third-order valence-corrected chi connectivity index (χ3v) is 4.46. The summed E-state index contributed by atoms with van der Waals surface area (Å²) in [5.41, 5.74) is 0.230. The number of esters is 2. The van der Waals surface area contributed by atoms with Gasteiger partial charge in [0.15, 0.2) is 5.69 Å². The smallest absolute Gasteiger partial charge is 0.358 e. The fourth-order valence-corrected chi connectivity index (χ4v) is 3.26. The van der Waals surface area contributed by atoms with Gasteiger partial charge in [-0.2, -0.15) is 0 Å². The van der Waals surface area contributed by atoms with Crippen LogP contribution in [-0.4, -0.2) is 29.6 Å². The molecule has 3 heterocycles. The Bertz CT molecular complexity index is 605. The van der Waals surface area contributed by atoms with E-state index < -0.39 is 18.0 Å². The summed E-state index contributed by atoms with van der Waals surface area (Å²) in [6.07, 6.45) is -0.383. The molecule has 0 unspecified atom stereocenters. The second-order valence-electron chi connectivity index (χ2n) is 3.87. The van der Waals surface area contributed by atoms with Crippen LogP contribution in [-0.2, 0) is 14.3 Å². The van der Waals surface area contributed by atoms with Crippen molar-refractivity contribution in [2.24, 2.45) is 0 Å². The number of carbonyl (C=O) groups excluding carboxylic acids is 2. The van der Waals surface area contributed by atoms with E-state index in [1.54, 1.807) is 16.7 Å². The molecule has 0 bridgehead atoms. The monoisotopic (exact) mass is 295 g/mol. The van der Waals surface area contributed by atoms with Crippen LogP contribution in [0.5, 0.6) is 0 Å². The molecule has 0 aromatic carbocycles. The highest BCUT2D eigenvalue weighted by molar-refractivity contribution is 7.20. The molecule has 0 radical (unpaired) electrons. The van der Waals surface area contributed by atoms with Crippen LogP contribution in [0.15, 0.2) is 22.9 Å². The van der Waals surface area contributed by atoms with E-state index >= 15 is 0 Å². The lowest BCUT2D eigenvalue weighted by atomic mass is 10.3. The molecule has 19 heavy (non-hydrogen) atoms. The van der Waals surface area contributed by atoms with E-state index in [2.05, 4.69) is 4.98 Å². The molecule has 2 aromatic rings. The average Bonchev–Trinajstić information content (AvgIpc) is 3.09. The van der Waals surface area contributed by atoms with Gasteiger partial charge in [-0.05, 0) is 11.4 Å². The molecular weight excluding hydrogens is 286 g/mol. The number of hydrogen-bond donors (Lipinski definition) is 0. The van der Waals surface area contributed by atoms with Crippen LogP contribution < -0.4 is 0 Å². The Balaban J connectivity index is 1.72. The maximum absolute atomic E-state index is 11.8. The Morgan fingerprint density at radius 1 is 1.47 bits per heavy atom. The summed E-state index contributed by atoms with van der Waals surface area (Å²) in [4.78, 5) is 28.3. The molecule has 0 spiro atoms. The lowest BCUT2D eigenvalue weighted by Crippen LogP contribution is -2.22. The molecule has 1 atom stereocenters. The molecule has 98 valence electrons. The van der Waals surface area contributed by atoms with Crippen molar-refractivity contribution >= 4 is 34.6 Å². The van der Waals surface area contributed by atoms with E-state index in [1.807, 2.05) is 17.5 Å². The van der Waals surface area contributed by atoms with Crippen LogP contribution in [0.2, 0.25) is 0 Å². The second kappa shape index (κ2) is 5.10. The largest absolute Gasteiger partial charge is 0.463 e. The topological polar surface area (TPSA) is 65.5 Å². The van der Waals surface area contributed by atoms with Crippen molar-refractivity contribution in [3.63, 3.8) is 0 Å². The van der Waals surface area contributed by atoms with E-state index in [1.165, 1.54) is 11.3 Å². The summed E-state index contributed by atoms with van der Waals surface area (Å²) in [5, 5.41) is 4.36. The normalized spacial score (nSPS) is 18.3. The van der Waals surface area contributed by atoms with Gasteiger partial charge < -0.3 is 9.47 Å². The van der Waals surface area contributed by atoms with Gasteiger partial charge in [-0.25, -0.2) is 14.6 Å². The molecule has 0 N–H and O–H groups in total. The second-order valence-corrected chi connectivity index (χ2v) is 5.67. The lowest BCUT2D eigenvalue weighted by Gasteiger charge is -2.05. The van der Waals surface area contributed by atoms with Gasteiger partial charge in [0.1, 0.15) is 5.01 Å². The summed E-state index contributed by atoms with van der Waals surface area (Å²) in [7, 11) is 0. The van der Waals surface area contributed by atoms with Crippen LogP contribution in [0.25, 0.3) is 9.88 Å². The zero-order valence-electron chi connectivity index (χ0n) is 9.70. The van der Waals surface area contributed by atoms with E-state index in [0.29, 0.717) is 13.0 Å². The van der Waals surface area contributed by atoms with Crippen molar-refractivity contribution in [2.45, 2.75) is 12.5 Å². The third-order valence-electron chi connectivity index (χ3n) is 2.58. The third kappa shape index (κ3) is 2.52. The molecule has 0 saturated carbocycles. The SMILES string of the molecule is O=C(O[C@@H]1CCOC1=O)c1csc(-c2cccs2)n1. The summed E-state index contributed by atoms with van der Waals surface area (Å²) >= 11 is 2.93. The van der Waals surface area contributed by atoms with Crippen LogP contribution in [0.4, 0.5) is 0 Å². The number of nitrogens with zero attached hydrogens (tertiary/aromatic N) is 1. The molecular formula is C12H9NO4S2. The van der Waals surface area contributed by atoms with Gasteiger partial charge in [0, 0.05) is 11.8 Å². The standard InChI is InChI=1S/C12H9NO4S2/c14-11(17-8-3-4-16-12(8)15)7-6-19-10(13-7)9-2-1-5-18-9/h1-2,5-6,8H,3-4H2/t8-/m1/s1. The zero-order chi connectivity index (χ0) is 13.2. The van der Waals surface area contributed by atoms with E-state index in [0.717, 1.165) is 9.88 Å². The first-order valence-electron chi connectivity index (χ1n) is 5.61. The minimum Gasteiger partial charge on any atom is -0.463 e.